The van der Waals surface area contributed by atoms with Crippen LogP contribution in [-0.2, 0) is 0 Å². The number of hydrogen-bond acceptors (Lipinski definition) is 3. The Bertz CT molecular complexity index is 136. The molecule has 0 aromatic carbocycles. The van der Waals surface area contributed by atoms with Gasteiger partial charge in [-0.3, -0.25) is 0 Å². The summed E-state index contributed by atoms with van der Waals surface area (Å²) in [7, 11) is 0. The molecule has 0 radical (unpaired) electrons. The lowest BCUT2D eigenvalue weighted by Crippen LogP contribution is -2.34. The van der Waals surface area contributed by atoms with Gasteiger partial charge in [0.25, 0.3) is 0 Å². The van der Waals surface area contributed by atoms with E-state index in [2.05, 4.69) is 25.1 Å². The van der Waals surface area contributed by atoms with E-state index in [1.807, 2.05) is 11.9 Å². The average molecular weight is 189 g/mol. The largest absolute Gasteiger partial charge is 0.393 e. The first-order valence-corrected chi connectivity index (χ1v) is 5.37. The summed E-state index contributed by atoms with van der Waals surface area (Å²) in [5.74, 6) is 0. The second kappa shape index (κ2) is 3.99. The van der Waals surface area contributed by atoms with Gasteiger partial charge in [0.05, 0.1) is 6.10 Å². The van der Waals surface area contributed by atoms with Crippen LogP contribution in [0, 0.1) is 0 Å². The Hall–Kier alpha value is 0.270. The molecule has 1 N–H and O–H groups in total. The lowest BCUT2D eigenvalue weighted by atomic mass is 10.1. The number of nitrogens with zero attached hydrogens (tertiary/aromatic N) is 1. The maximum Gasteiger partial charge on any atom is 0.0565 e. The predicted octanol–water partition coefficient (Wildman–Crippen LogP) is 1.89. The summed E-state index contributed by atoms with van der Waals surface area (Å²) in [5.41, 5.74) is 0. The maximum absolute atomic E-state index is 9.29. The summed E-state index contributed by atoms with van der Waals surface area (Å²) in [5, 5.41) is 9.29. The minimum absolute atomic E-state index is 0.0539. The van der Waals surface area contributed by atoms with Gasteiger partial charge in [0.1, 0.15) is 0 Å². The lowest BCUT2D eigenvalue weighted by molar-refractivity contribution is 0.116. The molecule has 3 heteroatoms. The van der Waals surface area contributed by atoms with Gasteiger partial charge in [0.2, 0.25) is 0 Å². The van der Waals surface area contributed by atoms with Gasteiger partial charge in [-0.15, -0.1) is 0 Å². The Balaban J connectivity index is 2.26. The molecule has 0 saturated carbocycles. The van der Waals surface area contributed by atoms with Crippen molar-refractivity contribution in [3.63, 3.8) is 0 Å². The summed E-state index contributed by atoms with van der Waals surface area (Å²) in [6, 6.07) is 0. The van der Waals surface area contributed by atoms with E-state index in [-0.39, 0.29) is 6.10 Å². The average Bonchev–Trinajstić information content (AvgIpc) is 1.91. The summed E-state index contributed by atoms with van der Waals surface area (Å²) in [4.78, 5) is 0. The SMILES string of the molecule is CC(C)(C)SN1CCC(O)CC1. The van der Waals surface area contributed by atoms with Crippen LogP contribution < -0.4 is 0 Å². The zero-order valence-corrected chi connectivity index (χ0v) is 9.02. The topological polar surface area (TPSA) is 23.5 Å². The molecule has 0 aliphatic carbocycles. The summed E-state index contributed by atoms with van der Waals surface area (Å²) < 4.78 is 2.68. The van der Waals surface area contributed by atoms with E-state index in [1.54, 1.807) is 0 Å². The van der Waals surface area contributed by atoms with Crippen molar-refractivity contribution in [1.29, 1.82) is 0 Å². The molecule has 1 saturated heterocycles. The molecule has 72 valence electrons. The van der Waals surface area contributed by atoms with Gasteiger partial charge in [-0.1, -0.05) is 11.9 Å². The number of aliphatic hydroxyl groups excluding tert-OH is 1. The zero-order valence-electron chi connectivity index (χ0n) is 8.21. The molecular formula is C9H19NOS. The van der Waals surface area contributed by atoms with E-state index >= 15 is 0 Å². The fourth-order valence-electron chi connectivity index (χ4n) is 1.32. The van der Waals surface area contributed by atoms with Gasteiger partial charge in [-0.2, -0.15) is 0 Å². The van der Waals surface area contributed by atoms with Gasteiger partial charge in [-0.05, 0) is 33.6 Å². The number of hydrogen-bond donors (Lipinski definition) is 1. The van der Waals surface area contributed by atoms with Gasteiger partial charge in [-0.25, -0.2) is 4.31 Å². The molecule has 0 aromatic heterocycles. The molecule has 1 aliphatic heterocycles. The molecule has 1 aliphatic rings. The van der Waals surface area contributed by atoms with Gasteiger partial charge >= 0.3 is 0 Å². The van der Waals surface area contributed by atoms with Crippen LogP contribution in [0.3, 0.4) is 0 Å². The first-order chi connectivity index (χ1) is 5.47. The molecule has 0 aromatic rings. The van der Waals surface area contributed by atoms with Crippen molar-refractivity contribution in [2.75, 3.05) is 13.1 Å². The van der Waals surface area contributed by atoms with E-state index in [0.717, 1.165) is 25.9 Å². The van der Waals surface area contributed by atoms with Crippen LogP contribution in [0.25, 0.3) is 0 Å². The Morgan fingerprint density at radius 2 is 1.75 bits per heavy atom. The van der Waals surface area contributed by atoms with Crippen molar-refractivity contribution < 1.29 is 5.11 Å². The van der Waals surface area contributed by atoms with Crippen molar-refractivity contribution in [3.8, 4) is 0 Å². The normalized spacial score (nSPS) is 23.0. The smallest absolute Gasteiger partial charge is 0.0565 e. The Kier molecular flexibility index (Phi) is 3.44. The Labute approximate surface area is 79.5 Å². The number of piperidine rings is 1. The standard InChI is InChI=1S/C9H19NOS/c1-9(2,3)12-10-6-4-8(11)5-7-10/h8,11H,4-7H2,1-3H3. The number of rotatable bonds is 1. The fourth-order valence-corrected chi connectivity index (χ4v) is 2.49. The van der Waals surface area contributed by atoms with E-state index in [4.69, 9.17) is 0 Å². The molecule has 1 heterocycles. The maximum atomic E-state index is 9.29. The second-order valence-electron chi connectivity index (χ2n) is 4.36. The van der Waals surface area contributed by atoms with E-state index in [0.29, 0.717) is 4.75 Å². The minimum Gasteiger partial charge on any atom is -0.393 e. The monoisotopic (exact) mass is 189 g/mol. The first-order valence-electron chi connectivity index (χ1n) is 4.59. The van der Waals surface area contributed by atoms with E-state index in [1.165, 1.54) is 0 Å². The molecule has 0 unspecified atom stereocenters. The minimum atomic E-state index is -0.0539. The molecule has 0 amide bonds. The Morgan fingerprint density at radius 3 is 2.17 bits per heavy atom. The van der Waals surface area contributed by atoms with Crippen molar-refractivity contribution in [2.24, 2.45) is 0 Å². The molecular weight excluding hydrogens is 170 g/mol. The first kappa shape index (κ1) is 10.4. The third kappa shape index (κ3) is 3.78. The quantitative estimate of drug-likeness (QED) is 0.637. The van der Waals surface area contributed by atoms with Crippen LogP contribution in [0.4, 0.5) is 0 Å². The van der Waals surface area contributed by atoms with Crippen LogP contribution in [0.1, 0.15) is 33.6 Å². The highest BCUT2D eigenvalue weighted by atomic mass is 32.2. The summed E-state index contributed by atoms with van der Waals surface area (Å²) in [6.45, 7) is 8.74. The Morgan fingerprint density at radius 1 is 1.25 bits per heavy atom. The van der Waals surface area contributed by atoms with Gasteiger partial charge < -0.3 is 5.11 Å². The fraction of sp³-hybridized carbons (Fsp3) is 1.00. The molecule has 12 heavy (non-hydrogen) atoms. The van der Waals surface area contributed by atoms with Crippen LogP contribution in [0.2, 0.25) is 0 Å². The summed E-state index contributed by atoms with van der Waals surface area (Å²) >= 11 is 1.90. The number of aliphatic hydroxyl groups is 1. The van der Waals surface area contributed by atoms with Crippen molar-refractivity contribution in [1.82, 2.24) is 4.31 Å². The molecule has 0 bridgehead atoms. The third-order valence-electron chi connectivity index (χ3n) is 1.83. The second-order valence-corrected chi connectivity index (χ2v) is 6.29. The van der Waals surface area contributed by atoms with Crippen LogP contribution in [-0.4, -0.2) is 33.4 Å². The van der Waals surface area contributed by atoms with E-state index < -0.39 is 0 Å². The predicted molar refractivity (Wildman–Crippen MR) is 54.2 cm³/mol. The summed E-state index contributed by atoms with van der Waals surface area (Å²) in [6.07, 6.45) is 1.81. The van der Waals surface area contributed by atoms with Crippen LogP contribution in [0.15, 0.2) is 0 Å². The highest BCUT2D eigenvalue weighted by Gasteiger charge is 2.22. The van der Waals surface area contributed by atoms with Crippen molar-refractivity contribution >= 4 is 11.9 Å². The van der Waals surface area contributed by atoms with Crippen LogP contribution >= 0.6 is 11.9 Å². The molecule has 1 rings (SSSR count). The van der Waals surface area contributed by atoms with Crippen molar-refractivity contribution in [3.05, 3.63) is 0 Å². The molecule has 0 spiro atoms. The lowest BCUT2D eigenvalue weighted by Gasteiger charge is -2.33. The molecule has 1 fully saturated rings. The van der Waals surface area contributed by atoms with Gasteiger partial charge in [0, 0.05) is 17.8 Å². The zero-order chi connectivity index (χ0) is 9.19. The third-order valence-corrected chi connectivity index (χ3v) is 3.00. The van der Waals surface area contributed by atoms with Crippen LogP contribution in [0.5, 0.6) is 0 Å². The van der Waals surface area contributed by atoms with Gasteiger partial charge in [0.15, 0.2) is 0 Å². The highest BCUT2D eigenvalue weighted by Crippen LogP contribution is 2.29. The molecule has 0 atom stereocenters. The van der Waals surface area contributed by atoms with Crippen molar-refractivity contribution in [2.45, 2.75) is 44.5 Å². The van der Waals surface area contributed by atoms with E-state index in [9.17, 15) is 5.11 Å². The molecule has 2 nitrogen and oxygen atoms in total. The highest BCUT2D eigenvalue weighted by molar-refractivity contribution is 7.98.